The van der Waals surface area contributed by atoms with Crippen LogP contribution < -0.4 is 9.47 Å². The van der Waals surface area contributed by atoms with Gasteiger partial charge in [-0.3, -0.25) is 0 Å². The highest BCUT2D eigenvalue weighted by Gasteiger charge is 1.97. The lowest BCUT2D eigenvalue weighted by atomic mass is 10.3. The lowest BCUT2D eigenvalue weighted by molar-refractivity contribution is 0.212. The second kappa shape index (κ2) is 6.75. The van der Waals surface area contributed by atoms with Crippen molar-refractivity contribution >= 4 is 31.9 Å². The Labute approximate surface area is 122 Å². The number of hydrogen-bond acceptors (Lipinski definition) is 3. The minimum Gasteiger partial charge on any atom is -0.490 e. The molecule has 1 aromatic carbocycles. The van der Waals surface area contributed by atoms with Crippen molar-refractivity contribution in [3.63, 3.8) is 0 Å². The summed E-state index contributed by atoms with van der Waals surface area (Å²) in [5, 5.41) is 0. The van der Waals surface area contributed by atoms with E-state index in [0.717, 1.165) is 14.7 Å². The minimum atomic E-state index is 0.463. The van der Waals surface area contributed by atoms with E-state index in [1.54, 1.807) is 6.20 Å². The Kier molecular flexibility index (Phi) is 5.01. The van der Waals surface area contributed by atoms with Crippen LogP contribution in [0.5, 0.6) is 11.6 Å². The molecular formula is C13H11Br2NO2. The van der Waals surface area contributed by atoms with E-state index in [1.165, 1.54) is 0 Å². The van der Waals surface area contributed by atoms with E-state index in [9.17, 15) is 0 Å². The van der Waals surface area contributed by atoms with Crippen molar-refractivity contribution in [2.75, 3.05) is 13.2 Å². The standard InChI is InChI=1S/C13H11Br2NO2/c14-10-1-4-12(5-2-10)17-7-8-18-13-6-3-11(15)9-16-13/h1-6,9H,7-8H2. The van der Waals surface area contributed by atoms with Crippen molar-refractivity contribution < 1.29 is 9.47 Å². The molecule has 1 heterocycles. The van der Waals surface area contributed by atoms with Gasteiger partial charge in [0.2, 0.25) is 5.88 Å². The smallest absolute Gasteiger partial charge is 0.213 e. The predicted octanol–water partition coefficient (Wildman–Crippen LogP) is 4.06. The van der Waals surface area contributed by atoms with Crippen molar-refractivity contribution in [3.8, 4) is 11.6 Å². The maximum atomic E-state index is 5.52. The normalized spacial score (nSPS) is 10.1. The fourth-order valence-electron chi connectivity index (χ4n) is 1.28. The molecule has 18 heavy (non-hydrogen) atoms. The lowest BCUT2D eigenvalue weighted by Crippen LogP contribution is -2.09. The van der Waals surface area contributed by atoms with E-state index < -0.39 is 0 Å². The maximum Gasteiger partial charge on any atom is 0.213 e. The van der Waals surface area contributed by atoms with Crippen molar-refractivity contribution in [2.24, 2.45) is 0 Å². The third kappa shape index (κ3) is 4.31. The molecule has 2 rings (SSSR count). The van der Waals surface area contributed by atoms with E-state index in [4.69, 9.17) is 9.47 Å². The summed E-state index contributed by atoms with van der Waals surface area (Å²) >= 11 is 6.69. The first-order valence-corrected chi connectivity index (χ1v) is 6.95. The molecule has 0 unspecified atom stereocenters. The Morgan fingerprint density at radius 1 is 0.833 bits per heavy atom. The zero-order valence-electron chi connectivity index (χ0n) is 9.48. The number of hydrogen-bond donors (Lipinski definition) is 0. The van der Waals surface area contributed by atoms with E-state index >= 15 is 0 Å². The van der Waals surface area contributed by atoms with E-state index in [0.29, 0.717) is 19.1 Å². The van der Waals surface area contributed by atoms with Gasteiger partial charge in [0.15, 0.2) is 0 Å². The maximum absolute atomic E-state index is 5.52. The number of benzene rings is 1. The van der Waals surface area contributed by atoms with Crippen molar-refractivity contribution in [3.05, 3.63) is 51.5 Å². The second-order valence-electron chi connectivity index (χ2n) is 3.47. The fourth-order valence-corrected chi connectivity index (χ4v) is 1.78. The van der Waals surface area contributed by atoms with E-state index in [2.05, 4.69) is 36.8 Å². The van der Waals surface area contributed by atoms with Gasteiger partial charge in [-0.2, -0.15) is 0 Å². The molecule has 0 aliphatic rings. The van der Waals surface area contributed by atoms with Crippen molar-refractivity contribution in [1.82, 2.24) is 4.98 Å². The quantitative estimate of drug-likeness (QED) is 0.741. The summed E-state index contributed by atoms with van der Waals surface area (Å²) in [7, 11) is 0. The van der Waals surface area contributed by atoms with Gasteiger partial charge in [0.05, 0.1) is 0 Å². The van der Waals surface area contributed by atoms with Crippen LogP contribution in [0, 0.1) is 0 Å². The van der Waals surface area contributed by atoms with Gasteiger partial charge in [-0.25, -0.2) is 4.98 Å². The summed E-state index contributed by atoms with van der Waals surface area (Å²) in [6.07, 6.45) is 1.70. The molecule has 5 heteroatoms. The van der Waals surface area contributed by atoms with Gasteiger partial charge in [-0.1, -0.05) is 15.9 Å². The molecule has 0 saturated heterocycles. The highest BCUT2D eigenvalue weighted by Crippen LogP contribution is 2.16. The molecule has 1 aromatic heterocycles. The van der Waals surface area contributed by atoms with Crippen LogP contribution in [0.1, 0.15) is 0 Å². The molecule has 3 nitrogen and oxygen atoms in total. The first-order valence-electron chi connectivity index (χ1n) is 5.37. The van der Waals surface area contributed by atoms with Crippen LogP contribution in [0.3, 0.4) is 0 Å². The number of rotatable bonds is 5. The highest BCUT2D eigenvalue weighted by molar-refractivity contribution is 9.10. The molecule has 0 saturated carbocycles. The third-order valence-corrected chi connectivity index (χ3v) is 3.11. The minimum absolute atomic E-state index is 0.463. The number of ether oxygens (including phenoxy) is 2. The first-order chi connectivity index (χ1) is 8.74. The molecule has 0 atom stereocenters. The molecular weight excluding hydrogens is 362 g/mol. The van der Waals surface area contributed by atoms with Crippen LogP contribution in [0.15, 0.2) is 51.5 Å². The summed E-state index contributed by atoms with van der Waals surface area (Å²) in [4.78, 5) is 4.10. The van der Waals surface area contributed by atoms with Crippen molar-refractivity contribution in [2.45, 2.75) is 0 Å². The van der Waals surface area contributed by atoms with Crippen LogP contribution in [0.2, 0.25) is 0 Å². The average molecular weight is 373 g/mol. The van der Waals surface area contributed by atoms with Gasteiger partial charge in [-0.15, -0.1) is 0 Å². The Morgan fingerprint density at radius 3 is 2.17 bits per heavy atom. The molecule has 0 fully saturated rings. The fraction of sp³-hybridized carbons (Fsp3) is 0.154. The van der Waals surface area contributed by atoms with E-state index in [-0.39, 0.29) is 0 Å². The van der Waals surface area contributed by atoms with Gasteiger partial charge >= 0.3 is 0 Å². The largest absolute Gasteiger partial charge is 0.490 e. The summed E-state index contributed by atoms with van der Waals surface area (Å²) < 4.78 is 12.9. The molecule has 0 radical (unpaired) electrons. The summed E-state index contributed by atoms with van der Waals surface area (Å²) in [6, 6.07) is 11.4. The number of pyridine rings is 1. The Hall–Kier alpha value is -1.07. The zero-order chi connectivity index (χ0) is 12.8. The van der Waals surface area contributed by atoms with Crippen LogP contribution in [-0.2, 0) is 0 Å². The van der Waals surface area contributed by atoms with Crippen LogP contribution in [0.25, 0.3) is 0 Å². The van der Waals surface area contributed by atoms with Gasteiger partial charge in [0, 0.05) is 21.2 Å². The number of halogens is 2. The second-order valence-corrected chi connectivity index (χ2v) is 5.30. The van der Waals surface area contributed by atoms with Crippen LogP contribution >= 0.6 is 31.9 Å². The van der Waals surface area contributed by atoms with Gasteiger partial charge in [0.1, 0.15) is 19.0 Å². The Balaban J connectivity index is 1.73. The predicted molar refractivity (Wildman–Crippen MR) is 77.1 cm³/mol. The van der Waals surface area contributed by atoms with Gasteiger partial charge < -0.3 is 9.47 Å². The summed E-state index contributed by atoms with van der Waals surface area (Å²) in [5.41, 5.74) is 0. The van der Waals surface area contributed by atoms with Gasteiger partial charge in [0.25, 0.3) is 0 Å². The molecule has 0 N–H and O–H groups in total. The molecule has 0 spiro atoms. The molecule has 0 bridgehead atoms. The Bertz CT molecular complexity index is 438. The first kappa shape index (κ1) is 13.4. The topological polar surface area (TPSA) is 31.4 Å². The third-order valence-electron chi connectivity index (χ3n) is 2.12. The zero-order valence-corrected chi connectivity index (χ0v) is 12.6. The highest BCUT2D eigenvalue weighted by atomic mass is 79.9. The number of nitrogens with zero attached hydrogens (tertiary/aromatic N) is 1. The van der Waals surface area contributed by atoms with Gasteiger partial charge in [-0.05, 0) is 46.3 Å². The SMILES string of the molecule is Brc1ccc(OCCOc2ccc(Br)cn2)cc1. The van der Waals surface area contributed by atoms with Crippen LogP contribution in [0.4, 0.5) is 0 Å². The molecule has 94 valence electrons. The molecule has 0 aliphatic heterocycles. The van der Waals surface area contributed by atoms with E-state index in [1.807, 2.05) is 36.4 Å². The number of aromatic nitrogens is 1. The monoisotopic (exact) mass is 371 g/mol. The molecule has 0 amide bonds. The molecule has 2 aromatic rings. The average Bonchev–Trinajstić information content (AvgIpc) is 2.39. The Morgan fingerprint density at radius 2 is 1.50 bits per heavy atom. The lowest BCUT2D eigenvalue weighted by Gasteiger charge is -2.07. The summed E-state index contributed by atoms with van der Waals surface area (Å²) in [5.74, 6) is 1.42. The summed E-state index contributed by atoms with van der Waals surface area (Å²) in [6.45, 7) is 0.948. The van der Waals surface area contributed by atoms with Crippen LogP contribution in [-0.4, -0.2) is 18.2 Å². The molecule has 0 aliphatic carbocycles. The van der Waals surface area contributed by atoms with Crippen molar-refractivity contribution in [1.29, 1.82) is 0 Å².